The average molecular weight is 264 g/mol. The van der Waals surface area contributed by atoms with Gasteiger partial charge in [0.2, 0.25) is 0 Å². The Labute approximate surface area is 118 Å². The number of likely N-dealkylation sites (N-methyl/N-ethyl adjacent to an activating group) is 1. The maximum Gasteiger partial charge on any atom is 0.0642 e. The fourth-order valence-electron chi connectivity index (χ4n) is 2.28. The smallest absolute Gasteiger partial charge is 0.0642 e. The first-order valence-corrected chi connectivity index (χ1v) is 7.27. The molecule has 0 N–H and O–H groups in total. The second-order valence-corrected chi connectivity index (χ2v) is 4.78. The minimum Gasteiger partial charge on any atom is -0.378 e. The molecule has 0 aromatic rings. The quantitative estimate of drug-likeness (QED) is 0.686. The minimum atomic E-state index is 0.831. The third-order valence-electron chi connectivity index (χ3n) is 3.39. The van der Waals surface area contributed by atoms with Crippen LogP contribution in [0.15, 0.2) is 35.7 Å². The van der Waals surface area contributed by atoms with Gasteiger partial charge in [0.15, 0.2) is 0 Å². The van der Waals surface area contributed by atoms with E-state index in [0.29, 0.717) is 0 Å². The van der Waals surface area contributed by atoms with Gasteiger partial charge in [0, 0.05) is 38.1 Å². The summed E-state index contributed by atoms with van der Waals surface area (Å²) in [5, 5.41) is 0. The van der Waals surface area contributed by atoms with Gasteiger partial charge in [-0.05, 0) is 32.4 Å². The third-order valence-corrected chi connectivity index (χ3v) is 3.39. The van der Waals surface area contributed by atoms with Crippen LogP contribution in [0.3, 0.4) is 0 Å². The van der Waals surface area contributed by atoms with Crippen LogP contribution in [0.25, 0.3) is 0 Å². The molecule has 0 aromatic heterocycles. The number of allylic oxidation sites excluding steroid dienone is 4. The Morgan fingerprint density at radius 3 is 2.37 bits per heavy atom. The van der Waals surface area contributed by atoms with Gasteiger partial charge in [-0.15, -0.1) is 0 Å². The van der Waals surface area contributed by atoms with Crippen LogP contribution >= 0.6 is 0 Å². The van der Waals surface area contributed by atoms with Crippen molar-refractivity contribution >= 4 is 0 Å². The van der Waals surface area contributed by atoms with E-state index < -0.39 is 0 Å². The number of hydrogen-bond acceptors (Lipinski definition) is 3. The van der Waals surface area contributed by atoms with Gasteiger partial charge >= 0.3 is 0 Å². The van der Waals surface area contributed by atoms with Crippen LogP contribution in [-0.2, 0) is 4.74 Å². The van der Waals surface area contributed by atoms with E-state index in [1.165, 1.54) is 17.8 Å². The van der Waals surface area contributed by atoms with Crippen molar-refractivity contribution in [2.45, 2.75) is 27.2 Å². The van der Waals surface area contributed by atoms with E-state index in [9.17, 15) is 0 Å². The first-order valence-electron chi connectivity index (χ1n) is 7.27. The Morgan fingerprint density at radius 2 is 1.84 bits per heavy atom. The maximum absolute atomic E-state index is 5.40. The largest absolute Gasteiger partial charge is 0.378 e. The minimum absolute atomic E-state index is 0.831. The topological polar surface area (TPSA) is 15.7 Å². The van der Waals surface area contributed by atoms with Crippen LogP contribution in [0.5, 0.6) is 0 Å². The van der Waals surface area contributed by atoms with Gasteiger partial charge in [-0.3, -0.25) is 0 Å². The SMILES string of the molecule is C\C=C(/C=C\C(=C/C)N1CCOCC1)N(C)CCC. The molecule has 0 saturated carbocycles. The summed E-state index contributed by atoms with van der Waals surface area (Å²) in [5.41, 5.74) is 2.56. The number of morpholine rings is 1. The van der Waals surface area contributed by atoms with Crippen molar-refractivity contribution in [3.8, 4) is 0 Å². The van der Waals surface area contributed by atoms with Gasteiger partial charge < -0.3 is 14.5 Å². The van der Waals surface area contributed by atoms with Crippen molar-refractivity contribution in [2.24, 2.45) is 0 Å². The number of ether oxygens (including phenoxy) is 1. The van der Waals surface area contributed by atoms with E-state index in [-0.39, 0.29) is 0 Å². The lowest BCUT2D eigenvalue weighted by atomic mass is 10.2. The predicted molar refractivity (Wildman–Crippen MR) is 82.0 cm³/mol. The van der Waals surface area contributed by atoms with Crippen molar-refractivity contribution in [1.82, 2.24) is 9.80 Å². The molecule has 1 rings (SSSR count). The van der Waals surface area contributed by atoms with Gasteiger partial charge in [0.05, 0.1) is 13.2 Å². The fraction of sp³-hybridized carbons (Fsp3) is 0.625. The van der Waals surface area contributed by atoms with E-state index in [1.54, 1.807) is 0 Å². The Hall–Kier alpha value is -1.22. The lowest BCUT2D eigenvalue weighted by molar-refractivity contribution is 0.0553. The lowest BCUT2D eigenvalue weighted by Crippen LogP contribution is -2.35. The van der Waals surface area contributed by atoms with E-state index in [1.807, 2.05) is 0 Å². The molecule has 0 atom stereocenters. The van der Waals surface area contributed by atoms with Crippen LogP contribution in [-0.4, -0.2) is 49.7 Å². The zero-order chi connectivity index (χ0) is 14.1. The molecule has 1 fully saturated rings. The van der Waals surface area contributed by atoms with Crippen LogP contribution in [0.2, 0.25) is 0 Å². The van der Waals surface area contributed by atoms with Crippen LogP contribution in [0.1, 0.15) is 27.2 Å². The van der Waals surface area contributed by atoms with Crippen molar-refractivity contribution in [2.75, 3.05) is 39.9 Å². The van der Waals surface area contributed by atoms with E-state index in [0.717, 1.165) is 32.8 Å². The maximum atomic E-state index is 5.40. The van der Waals surface area contributed by atoms with Gasteiger partial charge in [-0.2, -0.15) is 0 Å². The molecule has 0 bridgehead atoms. The normalized spacial score (nSPS) is 18.2. The van der Waals surface area contributed by atoms with Crippen LogP contribution < -0.4 is 0 Å². The van der Waals surface area contributed by atoms with Gasteiger partial charge in [-0.25, -0.2) is 0 Å². The summed E-state index contributed by atoms with van der Waals surface area (Å²) in [6, 6.07) is 0. The number of hydrogen-bond donors (Lipinski definition) is 0. The van der Waals surface area contributed by atoms with Crippen LogP contribution in [0, 0.1) is 0 Å². The van der Waals surface area contributed by atoms with E-state index >= 15 is 0 Å². The highest BCUT2D eigenvalue weighted by molar-refractivity contribution is 5.26. The summed E-state index contributed by atoms with van der Waals surface area (Å²) < 4.78 is 5.40. The summed E-state index contributed by atoms with van der Waals surface area (Å²) >= 11 is 0. The summed E-state index contributed by atoms with van der Waals surface area (Å²) in [7, 11) is 2.15. The highest BCUT2D eigenvalue weighted by Crippen LogP contribution is 2.12. The molecule has 1 aliphatic heterocycles. The first-order chi connectivity index (χ1) is 9.22. The summed E-state index contributed by atoms with van der Waals surface area (Å²) in [5.74, 6) is 0. The number of rotatable bonds is 6. The summed E-state index contributed by atoms with van der Waals surface area (Å²) in [6.45, 7) is 11.1. The highest BCUT2D eigenvalue weighted by atomic mass is 16.5. The van der Waals surface area contributed by atoms with E-state index in [4.69, 9.17) is 4.74 Å². The Balaban J connectivity index is 2.65. The van der Waals surface area contributed by atoms with Gasteiger partial charge in [-0.1, -0.05) is 19.1 Å². The van der Waals surface area contributed by atoms with Crippen LogP contribution in [0.4, 0.5) is 0 Å². The Morgan fingerprint density at radius 1 is 1.16 bits per heavy atom. The molecule has 0 aromatic carbocycles. The number of nitrogens with zero attached hydrogens (tertiary/aromatic N) is 2. The molecule has 3 heteroatoms. The molecular formula is C16H28N2O. The van der Waals surface area contributed by atoms with E-state index in [2.05, 4.69) is 61.9 Å². The Kier molecular flexibility index (Phi) is 7.34. The molecule has 0 unspecified atom stereocenters. The zero-order valence-electron chi connectivity index (χ0n) is 12.9. The second kappa shape index (κ2) is 8.81. The molecule has 1 aliphatic rings. The van der Waals surface area contributed by atoms with Crippen molar-refractivity contribution in [3.63, 3.8) is 0 Å². The molecule has 1 saturated heterocycles. The van der Waals surface area contributed by atoms with Crippen molar-refractivity contribution < 1.29 is 4.74 Å². The molecule has 1 heterocycles. The molecule has 0 amide bonds. The monoisotopic (exact) mass is 264 g/mol. The molecular weight excluding hydrogens is 236 g/mol. The summed E-state index contributed by atoms with van der Waals surface area (Å²) in [4.78, 5) is 4.68. The molecule has 108 valence electrons. The molecule has 19 heavy (non-hydrogen) atoms. The lowest BCUT2D eigenvalue weighted by Gasteiger charge is -2.30. The summed E-state index contributed by atoms with van der Waals surface area (Å²) in [6.07, 6.45) is 9.93. The zero-order valence-corrected chi connectivity index (χ0v) is 12.9. The van der Waals surface area contributed by atoms with Crippen molar-refractivity contribution in [3.05, 3.63) is 35.7 Å². The molecule has 3 nitrogen and oxygen atoms in total. The molecule has 0 spiro atoms. The Bertz CT molecular complexity index is 339. The van der Waals surface area contributed by atoms with Gasteiger partial charge in [0.25, 0.3) is 0 Å². The standard InChI is InChI=1S/C16H28N2O/c1-5-10-17(4)15(6-2)8-9-16(7-3)18-11-13-19-14-12-18/h6-9H,5,10-14H2,1-4H3/b9-8-,15-6+,16-7+. The van der Waals surface area contributed by atoms with Gasteiger partial charge in [0.1, 0.15) is 0 Å². The van der Waals surface area contributed by atoms with Crippen molar-refractivity contribution in [1.29, 1.82) is 0 Å². The molecule has 0 radical (unpaired) electrons. The first kappa shape index (κ1) is 15.8. The average Bonchev–Trinajstić information content (AvgIpc) is 2.45. The fourth-order valence-corrected chi connectivity index (χ4v) is 2.28. The predicted octanol–water partition coefficient (Wildman–Crippen LogP) is 3.02. The highest BCUT2D eigenvalue weighted by Gasteiger charge is 2.11. The third kappa shape index (κ3) is 5.11. The molecule has 0 aliphatic carbocycles. The second-order valence-electron chi connectivity index (χ2n) is 4.78.